The van der Waals surface area contributed by atoms with E-state index in [4.69, 9.17) is 22.1 Å². The fourth-order valence-electron chi connectivity index (χ4n) is 1.89. The Morgan fingerprint density at radius 2 is 1.84 bits per heavy atom. The summed E-state index contributed by atoms with van der Waals surface area (Å²) in [5.41, 5.74) is 8.06. The Kier molecular flexibility index (Phi) is 4.83. The lowest BCUT2D eigenvalue weighted by atomic mass is 10.1. The van der Waals surface area contributed by atoms with Crippen LogP contribution in [0.3, 0.4) is 0 Å². The van der Waals surface area contributed by atoms with E-state index < -0.39 is 0 Å². The number of nitrogens with two attached hydrogens (primary N) is 1. The summed E-state index contributed by atoms with van der Waals surface area (Å²) in [6.45, 7) is 2.52. The van der Waals surface area contributed by atoms with Crippen LogP contribution in [-0.2, 0) is 13.0 Å². The van der Waals surface area contributed by atoms with Gasteiger partial charge in [0, 0.05) is 11.1 Å². The molecule has 0 heterocycles. The first-order chi connectivity index (χ1) is 9.13. The Labute approximate surface area is 119 Å². The van der Waals surface area contributed by atoms with Gasteiger partial charge in [-0.3, -0.25) is 0 Å². The highest BCUT2D eigenvalue weighted by atomic mass is 35.5. The fourth-order valence-corrected chi connectivity index (χ4v) is 2.10. The smallest absolute Gasteiger partial charge is 0.119 e. The van der Waals surface area contributed by atoms with Gasteiger partial charge in [-0.2, -0.15) is 0 Å². The van der Waals surface area contributed by atoms with Crippen molar-refractivity contribution in [3.05, 3.63) is 64.7 Å². The molecule has 0 fully saturated rings. The number of hydrogen-bond acceptors (Lipinski definition) is 2. The van der Waals surface area contributed by atoms with Gasteiger partial charge in [-0.05, 0) is 48.7 Å². The molecule has 100 valence electrons. The monoisotopic (exact) mass is 275 g/mol. The molecule has 0 aliphatic heterocycles. The Bertz CT molecular complexity index is 523. The molecular weight excluding hydrogens is 258 g/mol. The average molecular weight is 276 g/mol. The van der Waals surface area contributed by atoms with Gasteiger partial charge in [-0.25, -0.2) is 0 Å². The third-order valence-corrected chi connectivity index (χ3v) is 3.01. The molecule has 3 heteroatoms. The van der Waals surface area contributed by atoms with Crippen molar-refractivity contribution in [1.82, 2.24) is 0 Å². The normalized spacial score (nSPS) is 12.2. The molecule has 0 spiro atoms. The minimum atomic E-state index is 0.179. The van der Waals surface area contributed by atoms with Gasteiger partial charge in [0.15, 0.2) is 0 Å². The van der Waals surface area contributed by atoms with Gasteiger partial charge in [-0.1, -0.05) is 35.9 Å². The molecule has 1 atom stereocenters. The second-order valence-electron chi connectivity index (χ2n) is 4.74. The van der Waals surface area contributed by atoms with Crippen LogP contribution in [0.4, 0.5) is 0 Å². The van der Waals surface area contributed by atoms with E-state index in [1.807, 2.05) is 43.3 Å². The molecule has 2 aromatic carbocycles. The largest absolute Gasteiger partial charge is 0.489 e. The van der Waals surface area contributed by atoms with Crippen molar-refractivity contribution in [2.75, 3.05) is 0 Å². The summed E-state index contributed by atoms with van der Waals surface area (Å²) in [5, 5.41) is 0.730. The number of hydrogen-bond donors (Lipinski definition) is 1. The van der Waals surface area contributed by atoms with Crippen molar-refractivity contribution in [2.45, 2.75) is 26.0 Å². The summed E-state index contributed by atoms with van der Waals surface area (Å²) in [6.07, 6.45) is 0.884. The van der Waals surface area contributed by atoms with Gasteiger partial charge < -0.3 is 10.5 Å². The van der Waals surface area contributed by atoms with Crippen molar-refractivity contribution in [2.24, 2.45) is 5.73 Å². The maximum Gasteiger partial charge on any atom is 0.119 e. The van der Waals surface area contributed by atoms with Gasteiger partial charge in [0.1, 0.15) is 12.4 Å². The lowest BCUT2D eigenvalue weighted by Gasteiger charge is -2.09. The maximum atomic E-state index is 5.93. The van der Waals surface area contributed by atoms with E-state index in [1.165, 1.54) is 5.56 Å². The van der Waals surface area contributed by atoms with E-state index >= 15 is 0 Å². The molecule has 0 aliphatic carbocycles. The summed E-state index contributed by atoms with van der Waals surface area (Å²) in [7, 11) is 0. The second-order valence-corrected chi connectivity index (χ2v) is 5.18. The van der Waals surface area contributed by atoms with Crippen LogP contribution < -0.4 is 10.5 Å². The zero-order valence-electron chi connectivity index (χ0n) is 11.0. The molecule has 0 radical (unpaired) electrons. The topological polar surface area (TPSA) is 35.2 Å². The van der Waals surface area contributed by atoms with Crippen LogP contribution in [0.15, 0.2) is 48.5 Å². The molecule has 0 saturated carbocycles. The second kappa shape index (κ2) is 6.60. The summed E-state index contributed by atoms with van der Waals surface area (Å²) in [6, 6.07) is 15.9. The zero-order valence-corrected chi connectivity index (χ0v) is 11.7. The third kappa shape index (κ3) is 4.58. The molecule has 0 bridgehead atoms. The molecular formula is C16H18ClNO. The molecule has 2 nitrogen and oxygen atoms in total. The van der Waals surface area contributed by atoms with E-state index in [2.05, 4.69) is 12.1 Å². The molecule has 19 heavy (non-hydrogen) atoms. The number of benzene rings is 2. The van der Waals surface area contributed by atoms with E-state index in [1.54, 1.807) is 0 Å². The molecule has 2 rings (SSSR count). The number of ether oxygens (including phenoxy) is 1. The maximum absolute atomic E-state index is 5.93. The molecule has 2 aromatic rings. The van der Waals surface area contributed by atoms with E-state index in [0.717, 1.165) is 22.8 Å². The molecule has 2 N–H and O–H groups in total. The Morgan fingerprint density at radius 3 is 2.47 bits per heavy atom. The van der Waals surface area contributed by atoms with Crippen LogP contribution >= 0.6 is 11.6 Å². The minimum Gasteiger partial charge on any atom is -0.489 e. The molecule has 0 aromatic heterocycles. The molecule has 1 unspecified atom stereocenters. The highest BCUT2D eigenvalue weighted by molar-refractivity contribution is 6.30. The van der Waals surface area contributed by atoms with Crippen LogP contribution in [0.25, 0.3) is 0 Å². The van der Waals surface area contributed by atoms with Crippen LogP contribution in [0.5, 0.6) is 5.75 Å². The summed E-state index contributed by atoms with van der Waals surface area (Å²) in [5.74, 6) is 0.855. The van der Waals surface area contributed by atoms with Crippen LogP contribution in [0.1, 0.15) is 18.1 Å². The lowest BCUT2D eigenvalue weighted by Crippen LogP contribution is -2.17. The first-order valence-corrected chi connectivity index (χ1v) is 6.73. The third-order valence-electron chi connectivity index (χ3n) is 2.78. The van der Waals surface area contributed by atoms with Crippen molar-refractivity contribution >= 4 is 11.6 Å². The van der Waals surface area contributed by atoms with Crippen molar-refractivity contribution in [3.8, 4) is 5.75 Å². The Hall–Kier alpha value is -1.51. The predicted molar refractivity (Wildman–Crippen MR) is 79.6 cm³/mol. The summed E-state index contributed by atoms with van der Waals surface area (Å²) in [4.78, 5) is 0. The van der Waals surface area contributed by atoms with Gasteiger partial charge >= 0.3 is 0 Å². The zero-order chi connectivity index (χ0) is 13.7. The van der Waals surface area contributed by atoms with E-state index in [0.29, 0.717) is 6.61 Å². The van der Waals surface area contributed by atoms with Gasteiger partial charge in [0.25, 0.3) is 0 Å². The fraction of sp³-hybridized carbons (Fsp3) is 0.250. The molecule has 0 aliphatic rings. The summed E-state index contributed by atoms with van der Waals surface area (Å²) >= 11 is 5.93. The molecule has 0 saturated heterocycles. The predicted octanol–water partition coefficient (Wildman–Crippen LogP) is 3.81. The van der Waals surface area contributed by atoms with Crippen molar-refractivity contribution in [3.63, 3.8) is 0 Å². The van der Waals surface area contributed by atoms with E-state index in [-0.39, 0.29) is 6.04 Å². The van der Waals surface area contributed by atoms with Crippen LogP contribution in [0.2, 0.25) is 5.02 Å². The van der Waals surface area contributed by atoms with Gasteiger partial charge in [0.2, 0.25) is 0 Å². The Morgan fingerprint density at radius 1 is 1.11 bits per heavy atom. The minimum absolute atomic E-state index is 0.179. The highest BCUT2D eigenvalue weighted by Crippen LogP contribution is 2.16. The van der Waals surface area contributed by atoms with Gasteiger partial charge in [-0.15, -0.1) is 0 Å². The van der Waals surface area contributed by atoms with Crippen LogP contribution in [-0.4, -0.2) is 6.04 Å². The van der Waals surface area contributed by atoms with Crippen LogP contribution in [0, 0.1) is 0 Å². The molecule has 0 amide bonds. The standard InChI is InChI=1S/C16H18ClNO/c1-12(18)9-13-5-7-16(8-6-13)19-11-14-3-2-4-15(17)10-14/h2-8,10,12H,9,11,18H2,1H3. The van der Waals surface area contributed by atoms with Crippen molar-refractivity contribution in [1.29, 1.82) is 0 Å². The Balaban J connectivity index is 1.93. The quantitative estimate of drug-likeness (QED) is 0.901. The van der Waals surface area contributed by atoms with E-state index in [9.17, 15) is 0 Å². The van der Waals surface area contributed by atoms with Crippen molar-refractivity contribution < 1.29 is 4.74 Å². The average Bonchev–Trinajstić information content (AvgIpc) is 2.37. The summed E-state index contributed by atoms with van der Waals surface area (Å²) < 4.78 is 5.72. The highest BCUT2D eigenvalue weighted by Gasteiger charge is 2.00. The lowest BCUT2D eigenvalue weighted by molar-refractivity contribution is 0.306. The number of halogens is 1. The number of rotatable bonds is 5. The first-order valence-electron chi connectivity index (χ1n) is 6.35. The SMILES string of the molecule is CC(N)Cc1ccc(OCc2cccc(Cl)c2)cc1. The first kappa shape index (κ1) is 13.9. The van der Waals surface area contributed by atoms with Gasteiger partial charge in [0.05, 0.1) is 0 Å².